The Morgan fingerprint density at radius 2 is 1.64 bits per heavy atom. The lowest BCUT2D eigenvalue weighted by molar-refractivity contribution is -0.384. The Hall–Kier alpha value is -7.71. The molecule has 3 N–H and O–H groups in total. The van der Waals surface area contributed by atoms with Crippen LogP contribution in [0, 0.1) is 45.0 Å². The van der Waals surface area contributed by atoms with Gasteiger partial charge in [0.05, 0.1) is 34.8 Å². The molecule has 0 spiro atoms. The molecule has 2 aliphatic carbocycles. The number of hydrogen-bond donors (Lipinski definition) is 3. The van der Waals surface area contributed by atoms with E-state index in [2.05, 4.69) is 24.0 Å². The second kappa shape index (κ2) is 24.1. The molecular weight excluding hydrogens is 934 g/mol. The Morgan fingerprint density at radius 1 is 0.932 bits per heavy atom. The molecule has 5 aromatic carbocycles. The molecule has 0 bridgehead atoms. The average molecular weight is 992 g/mol. The SMILES string of the molecule is C=CCOC12Oc3ccc(OC(=O)NCc4ccccc4)cc3C3C(CCCCO)C(CCCCO)C=C(C(=NOCc4ccc([N+](=O)[O-])cc4)CC1N(Cc1ccc(F)cc1)C(=O)c1ccc(C#N)cc1)C32. The van der Waals surface area contributed by atoms with Gasteiger partial charge < -0.3 is 39.5 Å². The van der Waals surface area contributed by atoms with E-state index in [1.807, 2.05) is 36.4 Å². The highest BCUT2D eigenvalue weighted by molar-refractivity contribution is 6.03. The van der Waals surface area contributed by atoms with Gasteiger partial charge in [-0.1, -0.05) is 72.6 Å². The predicted octanol–water partition coefficient (Wildman–Crippen LogP) is 10.1. The second-order valence-corrected chi connectivity index (χ2v) is 18.4. The molecule has 8 rings (SSSR count). The summed E-state index contributed by atoms with van der Waals surface area (Å²) in [5, 5.41) is 48.9. The fourth-order valence-electron chi connectivity index (χ4n) is 10.5. The van der Waals surface area contributed by atoms with E-state index >= 15 is 4.79 Å². The molecule has 0 aromatic heterocycles. The van der Waals surface area contributed by atoms with E-state index in [-0.39, 0.29) is 74.8 Å². The van der Waals surface area contributed by atoms with Crippen LogP contribution in [0.3, 0.4) is 0 Å². The van der Waals surface area contributed by atoms with Crippen LogP contribution in [0.1, 0.15) is 89.0 Å². The van der Waals surface area contributed by atoms with Crippen molar-refractivity contribution >= 4 is 23.4 Å². The zero-order chi connectivity index (χ0) is 51.3. The number of rotatable bonds is 22. The van der Waals surface area contributed by atoms with E-state index in [4.69, 9.17) is 24.2 Å². The summed E-state index contributed by atoms with van der Waals surface area (Å²) in [6.07, 6.45) is 6.95. The van der Waals surface area contributed by atoms with Crippen molar-refractivity contribution in [3.63, 3.8) is 0 Å². The molecule has 15 nitrogen and oxygen atoms in total. The molecule has 6 atom stereocenters. The van der Waals surface area contributed by atoms with Crippen LogP contribution in [0.15, 0.2) is 151 Å². The molecule has 0 radical (unpaired) electrons. The topological polar surface area (TPSA) is 206 Å². The van der Waals surface area contributed by atoms with Crippen LogP contribution in [0.4, 0.5) is 14.9 Å². The van der Waals surface area contributed by atoms with Crippen LogP contribution in [0.2, 0.25) is 0 Å². The summed E-state index contributed by atoms with van der Waals surface area (Å²) in [4.78, 5) is 47.6. The standard InChI is InChI=1S/C57H58FN5O10/c1-2-30-70-57-52(62(36-40-16-22-44(58)23-17-40)55(66)42-20-14-38(34-59)15-21-42)33-50(61-71-37-41-18-24-45(25-19-41)63(68)69)48-31-43(12-6-8-28-64)47(13-7-9-29-65)53(54(48)57)49-32-46(26-27-51(49)73-57)72-56(67)60-35-39-10-4-3-5-11-39/h2-5,10-11,14-27,31-32,43,47,52-54,64-65H,1,6-9,12-13,28-30,33,35-37H2,(H,60,67). The van der Waals surface area contributed by atoms with Gasteiger partial charge in [-0.05, 0) is 127 Å². The van der Waals surface area contributed by atoms with Crippen molar-refractivity contribution in [2.75, 3.05) is 19.8 Å². The normalized spacial score (nSPS) is 21.0. The number of nitro groups is 1. The second-order valence-electron chi connectivity index (χ2n) is 18.4. The minimum atomic E-state index is -1.68. The Morgan fingerprint density at radius 3 is 2.33 bits per heavy atom. The first-order valence-electron chi connectivity index (χ1n) is 24.5. The molecule has 1 saturated carbocycles. The van der Waals surface area contributed by atoms with Crippen molar-refractivity contribution in [3.8, 4) is 17.6 Å². The van der Waals surface area contributed by atoms with Crippen molar-refractivity contribution in [2.24, 2.45) is 22.9 Å². The number of benzene rings is 5. The van der Waals surface area contributed by atoms with E-state index in [1.165, 1.54) is 24.3 Å². The molecular formula is C57H58FN5O10. The lowest BCUT2D eigenvalue weighted by Gasteiger charge is -2.60. The number of non-ortho nitro benzene ring substituents is 1. The number of nitrogens with one attached hydrogen (secondary N) is 1. The summed E-state index contributed by atoms with van der Waals surface area (Å²) < 4.78 is 35.0. The van der Waals surface area contributed by atoms with Crippen LogP contribution >= 0.6 is 0 Å². The molecule has 1 fully saturated rings. The number of aliphatic hydroxyl groups excluding tert-OH is 2. The highest BCUT2D eigenvalue weighted by Gasteiger charge is 2.65. The van der Waals surface area contributed by atoms with Gasteiger partial charge >= 0.3 is 6.09 Å². The maximum Gasteiger partial charge on any atom is 0.412 e. The summed E-state index contributed by atoms with van der Waals surface area (Å²) in [7, 11) is 0. The van der Waals surface area contributed by atoms with Gasteiger partial charge in [0.1, 0.15) is 30.0 Å². The molecule has 378 valence electrons. The minimum absolute atomic E-state index is 0.00870. The molecule has 0 saturated heterocycles. The fourth-order valence-corrected chi connectivity index (χ4v) is 10.5. The summed E-state index contributed by atoms with van der Waals surface area (Å²) >= 11 is 0. The molecule has 5 aromatic rings. The third-order valence-corrected chi connectivity index (χ3v) is 13.9. The van der Waals surface area contributed by atoms with Gasteiger partial charge in [0.2, 0.25) is 5.79 Å². The van der Waals surface area contributed by atoms with Crippen molar-refractivity contribution in [2.45, 2.75) is 82.4 Å². The summed E-state index contributed by atoms with van der Waals surface area (Å²) in [6, 6.07) is 33.9. The lowest BCUT2D eigenvalue weighted by Crippen LogP contribution is -2.70. The smallest absolute Gasteiger partial charge is 0.412 e. The zero-order valence-corrected chi connectivity index (χ0v) is 40.3. The summed E-state index contributed by atoms with van der Waals surface area (Å²) in [5.74, 6) is -3.37. The van der Waals surface area contributed by atoms with Crippen LogP contribution < -0.4 is 14.8 Å². The number of halogens is 1. The fraction of sp³-hybridized carbons (Fsp3) is 0.333. The predicted molar refractivity (Wildman–Crippen MR) is 270 cm³/mol. The summed E-state index contributed by atoms with van der Waals surface area (Å²) in [5.41, 5.74) is 4.61. The first-order chi connectivity index (χ1) is 35.5. The van der Waals surface area contributed by atoms with E-state index in [0.717, 1.165) is 16.7 Å². The number of nitrogens with zero attached hydrogens (tertiary/aromatic N) is 4. The number of unbranched alkanes of at least 4 members (excludes halogenated alkanes) is 2. The molecule has 3 aliphatic rings. The van der Waals surface area contributed by atoms with Crippen molar-refractivity contribution in [1.82, 2.24) is 10.2 Å². The number of nitro benzene ring substituents is 1. The number of hydrogen-bond acceptors (Lipinski definition) is 12. The Balaban J connectivity index is 1.32. The number of ether oxygens (including phenoxy) is 3. The highest BCUT2D eigenvalue weighted by atomic mass is 19.1. The Labute approximate surface area is 423 Å². The molecule has 2 amide bonds. The number of fused-ring (bicyclic) bond motifs is 2. The number of oxime groups is 1. The van der Waals surface area contributed by atoms with Crippen molar-refractivity contribution in [1.29, 1.82) is 5.26 Å². The van der Waals surface area contributed by atoms with E-state index in [1.54, 1.807) is 71.6 Å². The number of carbonyl (C=O) groups excluding carboxylic acids is 2. The number of nitriles is 1. The van der Waals surface area contributed by atoms with Gasteiger partial charge in [-0.25, -0.2) is 9.18 Å². The zero-order valence-electron chi connectivity index (χ0n) is 40.3. The van der Waals surface area contributed by atoms with Crippen LogP contribution in [0.25, 0.3) is 0 Å². The molecule has 6 unspecified atom stereocenters. The number of amides is 2. The van der Waals surface area contributed by atoms with Gasteiger partial charge in [0.15, 0.2) is 0 Å². The third kappa shape index (κ3) is 12.0. The highest BCUT2D eigenvalue weighted by Crippen LogP contribution is 2.62. The van der Waals surface area contributed by atoms with Gasteiger partial charge in [-0.2, -0.15) is 5.26 Å². The molecule has 1 heterocycles. The number of carbonyl (C=O) groups is 2. The van der Waals surface area contributed by atoms with Gasteiger partial charge in [-0.15, -0.1) is 6.58 Å². The van der Waals surface area contributed by atoms with Crippen LogP contribution in [-0.2, 0) is 29.3 Å². The largest absolute Gasteiger partial charge is 0.459 e. The lowest BCUT2D eigenvalue weighted by atomic mass is 9.55. The van der Waals surface area contributed by atoms with E-state index in [0.29, 0.717) is 66.7 Å². The third-order valence-electron chi connectivity index (χ3n) is 13.9. The molecule has 16 heteroatoms. The van der Waals surface area contributed by atoms with Crippen molar-refractivity contribution < 1.29 is 48.2 Å². The van der Waals surface area contributed by atoms with Crippen molar-refractivity contribution in [3.05, 3.63) is 195 Å². The summed E-state index contributed by atoms with van der Waals surface area (Å²) in [6.45, 7) is 4.14. The number of aliphatic hydroxyl groups is 2. The van der Waals surface area contributed by atoms with Gasteiger partial charge in [0, 0.05) is 61.9 Å². The average Bonchev–Trinajstić information content (AvgIpc) is 3.41. The maximum atomic E-state index is 15.4. The monoisotopic (exact) mass is 991 g/mol. The Bertz CT molecular complexity index is 2840. The van der Waals surface area contributed by atoms with Gasteiger partial charge in [-0.3, -0.25) is 14.9 Å². The first kappa shape index (κ1) is 51.6. The number of allylic oxidation sites excluding steroid dienone is 1. The van der Waals surface area contributed by atoms with Gasteiger partial charge in [0.25, 0.3) is 11.6 Å². The first-order valence-corrected chi connectivity index (χ1v) is 24.5. The quantitative estimate of drug-likeness (QED) is 0.0257. The molecule has 1 aliphatic heterocycles. The minimum Gasteiger partial charge on any atom is -0.459 e. The van der Waals surface area contributed by atoms with E-state index < -0.39 is 46.4 Å². The molecule has 73 heavy (non-hydrogen) atoms. The van der Waals surface area contributed by atoms with Crippen LogP contribution in [0.5, 0.6) is 11.5 Å². The Kier molecular flexibility index (Phi) is 17.1. The van der Waals surface area contributed by atoms with E-state index in [9.17, 15) is 34.8 Å². The maximum absolute atomic E-state index is 15.4. The van der Waals surface area contributed by atoms with Crippen LogP contribution in [-0.4, -0.2) is 69.4 Å².